The molecule has 0 aliphatic heterocycles. The van der Waals surface area contributed by atoms with Gasteiger partial charge < -0.3 is 19.9 Å². The van der Waals surface area contributed by atoms with E-state index in [1.165, 1.54) is 6.92 Å². The van der Waals surface area contributed by atoms with Gasteiger partial charge in [-0.2, -0.15) is 0 Å². The number of hydrogen-bond donors (Lipinski definition) is 3. The Bertz CT molecular complexity index is 67.6. The van der Waals surface area contributed by atoms with E-state index in [-0.39, 0.29) is 6.42 Å². The molecule has 0 fully saturated rings. The van der Waals surface area contributed by atoms with Crippen LogP contribution in [-0.2, 0) is 4.65 Å². The first-order chi connectivity index (χ1) is 4.16. The minimum atomic E-state index is -1.06. The molecule has 4 nitrogen and oxygen atoms in total. The van der Waals surface area contributed by atoms with Crippen LogP contribution in [0.5, 0.6) is 0 Å². The van der Waals surface area contributed by atoms with E-state index in [1.807, 2.05) is 0 Å². The van der Waals surface area contributed by atoms with Crippen LogP contribution in [0.3, 0.4) is 0 Å². The van der Waals surface area contributed by atoms with Crippen molar-refractivity contribution in [2.75, 3.05) is 0 Å². The Balaban J connectivity index is 3.15. The smallest absolute Gasteiger partial charge is 0.430 e. The van der Waals surface area contributed by atoms with Crippen molar-refractivity contribution in [1.29, 1.82) is 0 Å². The monoisotopic (exact) mass is 134 g/mol. The lowest BCUT2D eigenvalue weighted by molar-refractivity contribution is -0.0532. The van der Waals surface area contributed by atoms with Crippen LogP contribution >= 0.6 is 0 Å². The summed E-state index contributed by atoms with van der Waals surface area (Å²) in [5, 5.41) is 25.4. The van der Waals surface area contributed by atoms with Crippen molar-refractivity contribution < 1.29 is 19.9 Å². The van der Waals surface area contributed by atoms with Gasteiger partial charge in [-0.1, -0.05) is 0 Å². The molecule has 0 aromatic heterocycles. The second-order valence-corrected chi connectivity index (χ2v) is 1.84. The summed E-state index contributed by atoms with van der Waals surface area (Å²) in [6.45, 7) is 1.53. The highest BCUT2D eigenvalue weighted by atomic mass is 16.6. The average Bonchev–Trinajstić information content (AvgIpc) is 1.63. The first-order valence-corrected chi connectivity index (χ1v) is 2.75. The van der Waals surface area contributed by atoms with Crippen LogP contribution in [0.2, 0.25) is 0 Å². The molecule has 0 saturated carbocycles. The third kappa shape index (κ3) is 5.78. The second kappa shape index (κ2) is 4.75. The highest BCUT2D eigenvalue weighted by Gasteiger charge is 2.06. The van der Waals surface area contributed by atoms with Crippen LogP contribution in [0.15, 0.2) is 0 Å². The predicted octanol–water partition coefficient (Wildman–Crippen LogP) is -1.65. The molecule has 0 aliphatic carbocycles. The largest absolute Gasteiger partial charge is 0.437 e. The topological polar surface area (TPSA) is 69.9 Å². The molecular weight excluding hydrogens is 123 g/mol. The van der Waals surface area contributed by atoms with Gasteiger partial charge >= 0.3 is 7.69 Å². The maximum absolute atomic E-state index is 8.68. The third-order valence-corrected chi connectivity index (χ3v) is 0.810. The molecular formula is C4H11BO4. The fourth-order valence-corrected chi connectivity index (χ4v) is 0.446. The van der Waals surface area contributed by atoms with E-state index < -0.39 is 20.1 Å². The zero-order chi connectivity index (χ0) is 7.28. The van der Waals surface area contributed by atoms with E-state index in [0.29, 0.717) is 0 Å². The lowest BCUT2D eigenvalue weighted by Gasteiger charge is -2.10. The standard InChI is InChI=1S/C4H11BO4/c1-3(6)2-4(7)9-5-8/h3-8H,2H2,1H3. The highest BCUT2D eigenvalue weighted by Crippen LogP contribution is 1.96. The van der Waals surface area contributed by atoms with Crippen molar-refractivity contribution >= 4 is 7.69 Å². The molecule has 0 amide bonds. The molecule has 5 heteroatoms. The predicted molar refractivity (Wildman–Crippen MR) is 32.8 cm³/mol. The molecule has 0 bridgehead atoms. The first-order valence-electron chi connectivity index (χ1n) is 2.75. The molecule has 0 aliphatic rings. The average molecular weight is 134 g/mol. The van der Waals surface area contributed by atoms with Gasteiger partial charge in [-0.3, -0.25) is 0 Å². The Labute approximate surface area is 54.4 Å². The zero-order valence-corrected chi connectivity index (χ0v) is 5.32. The number of aliphatic hydroxyl groups is 2. The Morgan fingerprint density at radius 3 is 2.44 bits per heavy atom. The second-order valence-electron chi connectivity index (χ2n) is 1.84. The van der Waals surface area contributed by atoms with E-state index in [9.17, 15) is 0 Å². The Morgan fingerprint density at radius 1 is 1.56 bits per heavy atom. The lowest BCUT2D eigenvalue weighted by atomic mass is 10.2. The van der Waals surface area contributed by atoms with Crippen molar-refractivity contribution in [3.63, 3.8) is 0 Å². The van der Waals surface area contributed by atoms with Crippen molar-refractivity contribution in [3.8, 4) is 0 Å². The van der Waals surface area contributed by atoms with Gasteiger partial charge in [0.05, 0.1) is 6.10 Å². The zero-order valence-electron chi connectivity index (χ0n) is 5.32. The maximum atomic E-state index is 8.68. The Morgan fingerprint density at radius 2 is 2.11 bits per heavy atom. The lowest BCUT2D eigenvalue weighted by Crippen LogP contribution is -2.19. The molecule has 2 unspecified atom stereocenters. The Kier molecular flexibility index (Phi) is 4.70. The molecule has 0 aromatic rings. The summed E-state index contributed by atoms with van der Waals surface area (Å²) in [6, 6.07) is 0. The van der Waals surface area contributed by atoms with Gasteiger partial charge in [0.25, 0.3) is 0 Å². The molecule has 0 aromatic carbocycles. The van der Waals surface area contributed by atoms with Gasteiger partial charge in [-0.05, 0) is 6.92 Å². The quantitative estimate of drug-likeness (QED) is 0.318. The van der Waals surface area contributed by atoms with Crippen LogP contribution in [0.4, 0.5) is 0 Å². The van der Waals surface area contributed by atoms with E-state index in [4.69, 9.17) is 15.2 Å². The summed E-state index contributed by atoms with van der Waals surface area (Å²) < 4.78 is 4.30. The van der Waals surface area contributed by atoms with Crippen LogP contribution in [-0.4, -0.2) is 35.3 Å². The molecule has 54 valence electrons. The van der Waals surface area contributed by atoms with Gasteiger partial charge in [0, 0.05) is 6.42 Å². The number of aliphatic hydroxyl groups excluding tert-OH is 2. The number of rotatable bonds is 4. The van der Waals surface area contributed by atoms with Crippen molar-refractivity contribution in [2.24, 2.45) is 0 Å². The minimum Gasteiger partial charge on any atom is -0.430 e. The van der Waals surface area contributed by atoms with Crippen LogP contribution in [0.25, 0.3) is 0 Å². The molecule has 0 spiro atoms. The van der Waals surface area contributed by atoms with E-state index in [0.717, 1.165) is 0 Å². The minimum absolute atomic E-state index is 0.126. The van der Waals surface area contributed by atoms with E-state index in [1.54, 1.807) is 0 Å². The van der Waals surface area contributed by atoms with Crippen molar-refractivity contribution in [3.05, 3.63) is 0 Å². The van der Waals surface area contributed by atoms with E-state index >= 15 is 0 Å². The van der Waals surface area contributed by atoms with Gasteiger partial charge in [0.2, 0.25) is 0 Å². The molecule has 2 atom stereocenters. The van der Waals surface area contributed by atoms with Crippen molar-refractivity contribution in [2.45, 2.75) is 25.7 Å². The molecule has 0 saturated heterocycles. The summed E-state index contributed by atoms with van der Waals surface area (Å²) in [6.07, 6.45) is -1.54. The third-order valence-electron chi connectivity index (χ3n) is 0.810. The van der Waals surface area contributed by atoms with Crippen molar-refractivity contribution in [1.82, 2.24) is 0 Å². The SMILES string of the molecule is CC(O)CC(O)OBO. The molecule has 0 radical (unpaired) electrons. The summed E-state index contributed by atoms with van der Waals surface area (Å²) in [5.41, 5.74) is 0. The molecule has 3 N–H and O–H groups in total. The molecule has 0 heterocycles. The van der Waals surface area contributed by atoms with E-state index in [2.05, 4.69) is 4.65 Å². The summed E-state index contributed by atoms with van der Waals surface area (Å²) in [4.78, 5) is 0. The first kappa shape index (κ1) is 8.90. The summed E-state index contributed by atoms with van der Waals surface area (Å²) >= 11 is 0. The van der Waals surface area contributed by atoms with Gasteiger partial charge in [0.15, 0.2) is 0 Å². The molecule has 9 heavy (non-hydrogen) atoms. The van der Waals surface area contributed by atoms with Crippen LogP contribution in [0, 0.1) is 0 Å². The van der Waals surface area contributed by atoms with Gasteiger partial charge in [-0.25, -0.2) is 0 Å². The molecule has 0 rings (SSSR count). The van der Waals surface area contributed by atoms with Crippen LogP contribution < -0.4 is 0 Å². The highest BCUT2D eigenvalue weighted by molar-refractivity contribution is 6.15. The Hall–Kier alpha value is -0.0951. The summed E-state index contributed by atoms with van der Waals surface area (Å²) in [7, 11) is -0.520. The fraction of sp³-hybridized carbons (Fsp3) is 1.00. The fourth-order valence-electron chi connectivity index (χ4n) is 0.446. The normalized spacial score (nSPS) is 16.9. The van der Waals surface area contributed by atoms with Gasteiger partial charge in [-0.15, -0.1) is 0 Å². The van der Waals surface area contributed by atoms with Crippen LogP contribution in [0.1, 0.15) is 13.3 Å². The van der Waals surface area contributed by atoms with Gasteiger partial charge in [0.1, 0.15) is 6.29 Å². The number of hydrogen-bond acceptors (Lipinski definition) is 4. The summed E-state index contributed by atoms with van der Waals surface area (Å²) in [5.74, 6) is 0. The maximum Gasteiger partial charge on any atom is 0.437 e.